The van der Waals surface area contributed by atoms with Crippen LogP contribution in [0.1, 0.15) is 52.0 Å². The molecule has 1 aromatic heterocycles. The van der Waals surface area contributed by atoms with E-state index in [0.717, 1.165) is 37.4 Å². The molecule has 1 aromatic rings. The van der Waals surface area contributed by atoms with E-state index in [9.17, 15) is 0 Å². The highest BCUT2D eigenvalue weighted by Gasteiger charge is 2.22. The van der Waals surface area contributed by atoms with Gasteiger partial charge in [0, 0.05) is 25.8 Å². The van der Waals surface area contributed by atoms with Crippen molar-refractivity contribution >= 4 is 35.8 Å². The standard InChI is InChI=1S/C19H33N5O.HI/c1-4-5-6-7-10-21-19(20)23-12-17-8-9-18(22-11-17)24-13-15(2)25-16(3)14-24;/h8-9,11,15-16H,4-7,10,12-14H2,1-3H3,(H3,20,21,23);1H. The first-order valence-corrected chi connectivity index (χ1v) is 9.47. The van der Waals surface area contributed by atoms with Gasteiger partial charge in [0.25, 0.3) is 0 Å². The summed E-state index contributed by atoms with van der Waals surface area (Å²) in [7, 11) is 0. The average Bonchev–Trinajstić information content (AvgIpc) is 2.59. The number of guanidine groups is 1. The van der Waals surface area contributed by atoms with Crippen molar-refractivity contribution in [1.82, 2.24) is 10.3 Å². The number of aromatic nitrogens is 1. The van der Waals surface area contributed by atoms with Crippen molar-refractivity contribution in [2.45, 2.75) is 65.2 Å². The summed E-state index contributed by atoms with van der Waals surface area (Å²) in [5.41, 5.74) is 6.97. The Kier molecular flexibility index (Phi) is 10.9. The van der Waals surface area contributed by atoms with E-state index in [2.05, 4.69) is 53.1 Å². The summed E-state index contributed by atoms with van der Waals surface area (Å²) in [6.07, 6.45) is 7.25. The number of nitrogens with two attached hydrogens (primary N) is 1. The Bertz CT molecular complexity index is 527. The van der Waals surface area contributed by atoms with E-state index in [0.29, 0.717) is 12.5 Å². The van der Waals surface area contributed by atoms with Crippen molar-refractivity contribution in [2.75, 3.05) is 24.5 Å². The molecule has 0 bridgehead atoms. The minimum Gasteiger partial charge on any atom is -0.372 e. The second kappa shape index (κ2) is 12.3. The molecule has 0 spiro atoms. The molecule has 26 heavy (non-hydrogen) atoms. The van der Waals surface area contributed by atoms with Crippen LogP contribution in [0, 0.1) is 0 Å². The van der Waals surface area contributed by atoms with Crippen LogP contribution in [0.3, 0.4) is 0 Å². The molecule has 1 fully saturated rings. The molecular weight excluding hydrogens is 441 g/mol. The number of hydrogen-bond acceptors (Lipinski definition) is 4. The normalized spacial score (nSPS) is 20.6. The molecule has 6 nitrogen and oxygen atoms in total. The summed E-state index contributed by atoms with van der Waals surface area (Å²) in [4.78, 5) is 11.2. The molecule has 1 aliphatic heterocycles. The fraction of sp³-hybridized carbons (Fsp3) is 0.684. The van der Waals surface area contributed by atoms with Crippen LogP contribution < -0.4 is 16.0 Å². The van der Waals surface area contributed by atoms with Crippen molar-refractivity contribution in [3.8, 4) is 0 Å². The largest absolute Gasteiger partial charge is 0.372 e. The maximum Gasteiger partial charge on any atom is 0.188 e. The van der Waals surface area contributed by atoms with Crippen molar-refractivity contribution < 1.29 is 4.74 Å². The SMILES string of the molecule is CCCCCCNC(N)=NCc1ccc(N2CC(C)OC(C)C2)nc1.I. The molecular formula is C19H34IN5O. The number of ether oxygens (including phenoxy) is 1. The number of hydrogen-bond donors (Lipinski definition) is 2. The fourth-order valence-electron chi connectivity index (χ4n) is 3.06. The Balaban J connectivity index is 0.00000338. The lowest BCUT2D eigenvalue weighted by Crippen LogP contribution is -2.45. The van der Waals surface area contributed by atoms with Crippen LogP contribution in [0.4, 0.5) is 5.82 Å². The number of unbranched alkanes of at least 4 members (excludes halogenated alkanes) is 3. The van der Waals surface area contributed by atoms with Crippen LogP contribution in [0.15, 0.2) is 23.3 Å². The van der Waals surface area contributed by atoms with E-state index in [-0.39, 0.29) is 36.2 Å². The lowest BCUT2D eigenvalue weighted by atomic mass is 10.2. The minimum atomic E-state index is 0. The molecule has 2 heterocycles. The highest BCUT2D eigenvalue weighted by Crippen LogP contribution is 2.18. The second-order valence-electron chi connectivity index (χ2n) is 6.88. The first-order chi connectivity index (χ1) is 12.1. The van der Waals surface area contributed by atoms with Gasteiger partial charge in [0.2, 0.25) is 0 Å². The maximum absolute atomic E-state index is 5.91. The van der Waals surface area contributed by atoms with Gasteiger partial charge in [-0.15, -0.1) is 24.0 Å². The zero-order valence-electron chi connectivity index (χ0n) is 16.3. The van der Waals surface area contributed by atoms with E-state index in [1.165, 1.54) is 19.3 Å². The summed E-state index contributed by atoms with van der Waals surface area (Å²) < 4.78 is 5.77. The van der Waals surface area contributed by atoms with Gasteiger partial charge >= 0.3 is 0 Å². The first-order valence-electron chi connectivity index (χ1n) is 9.47. The fourth-order valence-corrected chi connectivity index (χ4v) is 3.06. The summed E-state index contributed by atoms with van der Waals surface area (Å²) in [6.45, 7) is 9.61. The predicted octanol–water partition coefficient (Wildman–Crippen LogP) is 3.30. The van der Waals surface area contributed by atoms with Crippen molar-refractivity contribution in [2.24, 2.45) is 10.7 Å². The van der Waals surface area contributed by atoms with Crippen LogP contribution in [0.5, 0.6) is 0 Å². The van der Waals surface area contributed by atoms with Crippen molar-refractivity contribution in [3.05, 3.63) is 23.9 Å². The lowest BCUT2D eigenvalue weighted by Gasteiger charge is -2.36. The Hall–Kier alpha value is -1.09. The lowest BCUT2D eigenvalue weighted by molar-refractivity contribution is -0.00545. The van der Waals surface area contributed by atoms with Gasteiger partial charge in [0.1, 0.15) is 5.82 Å². The summed E-state index contributed by atoms with van der Waals surface area (Å²) in [5.74, 6) is 1.51. The van der Waals surface area contributed by atoms with Gasteiger partial charge in [-0.2, -0.15) is 0 Å². The van der Waals surface area contributed by atoms with Gasteiger partial charge in [-0.1, -0.05) is 32.3 Å². The van der Waals surface area contributed by atoms with Gasteiger partial charge < -0.3 is 20.7 Å². The molecule has 0 aromatic carbocycles. The van der Waals surface area contributed by atoms with Crippen LogP contribution in [-0.4, -0.2) is 42.8 Å². The maximum atomic E-state index is 5.91. The van der Waals surface area contributed by atoms with Crippen molar-refractivity contribution in [3.63, 3.8) is 0 Å². The number of rotatable bonds is 8. The molecule has 1 saturated heterocycles. The van der Waals surface area contributed by atoms with Crippen LogP contribution in [0.25, 0.3) is 0 Å². The Labute approximate surface area is 175 Å². The number of halogens is 1. The number of pyridine rings is 1. The van der Waals surface area contributed by atoms with Gasteiger partial charge in [-0.05, 0) is 31.9 Å². The highest BCUT2D eigenvalue weighted by atomic mass is 127. The number of anilines is 1. The molecule has 0 aliphatic carbocycles. The molecule has 2 atom stereocenters. The molecule has 0 amide bonds. The third-order valence-corrected chi connectivity index (χ3v) is 4.32. The number of nitrogens with zero attached hydrogens (tertiary/aromatic N) is 3. The molecule has 2 rings (SSSR count). The summed E-state index contributed by atoms with van der Waals surface area (Å²) in [6, 6.07) is 4.13. The summed E-state index contributed by atoms with van der Waals surface area (Å²) in [5, 5.41) is 3.17. The van der Waals surface area contributed by atoms with Crippen LogP contribution >= 0.6 is 24.0 Å². The predicted molar refractivity (Wildman–Crippen MR) is 119 cm³/mol. The van der Waals surface area contributed by atoms with Crippen LogP contribution in [0.2, 0.25) is 0 Å². The minimum absolute atomic E-state index is 0. The Morgan fingerprint density at radius 2 is 2.00 bits per heavy atom. The number of morpholine rings is 1. The molecule has 0 radical (unpaired) electrons. The second-order valence-corrected chi connectivity index (χ2v) is 6.88. The van der Waals surface area contributed by atoms with E-state index in [4.69, 9.17) is 10.5 Å². The zero-order valence-corrected chi connectivity index (χ0v) is 18.6. The molecule has 1 aliphatic rings. The third-order valence-electron chi connectivity index (χ3n) is 4.32. The Morgan fingerprint density at radius 1 is 1.27 bits per heavy atom. The quantitative estimate of drug-likeness (QED) is 0.261. The number of nitrogens with one attached hydrogen (secondary N) is 1. The van der Waals surface area contributed by atoms with E-state index in [1.807, 2.05) is 6.20 Å². The van der Waals surface area contributed by atoms with Crippen LogP contribution in [-0.2, 0) is 11.3 Å². The summed E-state index contributed by atoms with van der Waals surface area (Å²) >= 11 is 0. The molecule has 2 unspecified atom stereocenters. The smallest absolute Gasteiger partial charge is 0.188 e. The molecule has 148 valence electrons. The van der Waals surface area contributed by atoms with E-state index in [1.54, 1.807) is 0 Å². The van der Waals surface area contributed by atoms with Crippen molar-refractivity contribution in [1.29, 1.82) is 0 Å². The average molecular weight is 475 g/mol. The molecule has 0 saturated carbocycles. The van der Waals surface area contributed by atoms with Gasteiger partial charge in [-0.25, -0.2) is 9.98 Å². The Morgan fingerprint density at radius 3 is 2.62 bits per heavy atom. The topological polar surface area (TPSA) is 75.8 Å². The molecule has 7 heteroatoms. The highest BCUT2D eigenvalue weighted by molar-refractivity contribution is 14.0. The van der Waals surface area contributed by atoms with Gasteiger partial charge in [0.15, 0.2) is 5.96 Å². The van der Waals surface area contributed by atoms with E-state index >= 15 is 0 Å². The number of aliphatic imine (C=N–C) groups is 1. The van der Waals surface area contributed by atoms with Gasteiger partial charge in [-0.3, -0.25) is 0 Å². The zero-order chi connectivity index (χ0) is 18.1. The molecule has 3 N–H and O–H groups in total. The monoisotopic (exact) mass is 475 g/mol. The van der Waals surface area contributed by atoms with E-state index < -0.39 is 0 Å². The van der Waals surface area contributed by atoms with Gasteiger partial charge in [0.05, 0.1) is 18.8 Å². The third kappa shape index (κ3) is 8.07. The first kappa shape index (κ1) is 23.0.